The van der Waals surface area contributed by atoms with Gasteiger partial charge in [-0.05, 0) is 35.8 Å². The standard InChI is InChI=1S/C17H25NO3/c1-17(2)10-5-4-8-12(17)14(16(19)20)11-7-6-9-13(21-3)15(11)18/h6-7,9,12,14H,4-5,8,10,18H2,1-3H3,(H,19,20). The first-order valence-electron chi connectivity index (χ1n) is 7.53. The summed E-state index contributed by atoms with van der Waals surface area (Å²) in [6.07, 6.45) is 4.25. The summed E-state index contributed by atoms with van der Waals surface area (Å²) >= 11 is 0. The van der Waals surface area contributed by atoms with Crippen LogP contribution in [0.3, 0.4) is 0 Å². The minimum absolute atomic E-state index is 0.0107. The predicted molar refractivity (Wildman–Crippen MR) is 83.5 cm³/mol. The molecule has 0 spiro atoms. The third kappa shape index (κ3) is 2.99. The molecular formula is C17H25NO3. The average molecular weight is 291 g/mol. The smallest absolute Gasteiger partial charge is 0.311 e. The van der Waals surface area contributed by atoms with E-state index in [1.807, 2.05) is 12.1 Å². The van der Waals surface area contributed by atoms with Crippen molar-refractivity contribution in [1.82, 2.24) is 0 Å². The Hall–Kier alpha value is -1.71. The highest BCUT2D eigenvalue weighted by Gasteiger charge is 2.42. The maximum absolute atomic E-state index is 11.9. The molecule has 116 valence electrons. The van der Waals surface area contributed by atoms with E-state index in [1.54, 1.807) is 13.2 Å². The fraction of sp³-hybridized carbons (Fsp3) is 0.588. The number of carbonyl (C=O) groups is 1. The lowest BCUT2D eigenvalue weighted by molar-refractivity contribution is -0.142. The Kier molecular flexibility index (Phi) is 4.45. The third-order valence-electron chi connectivity index (χ3n) is 4.91. The van der Waals surface area contributed by atoms with E-state index in [0.717, 1.165) is 19.3 Å². The normalized spacial score (nSPS) is 22.5. The van der Waals surface area contributed by atoms with E-state index in [0.29, 0.717) is 17.0 Å². The van der Waals surface area contributed by atoms with Crippen molar-refractivity contribution in [3.63, 3.8) is 0 Å². The Labute approximate surface area is 126 Å². The van der Waals surface area contributed by atoms with Crippen molar-refractivity contribution in [2.45, 2.75) is 45.4 Å². The molecule has 0 saturated heterocycles. The molecule has 0 heterocycles. The van der Waals surface area contributed by atoms with Gasteiger partial charge < -0.3 is 15.6 Å². The zero-order chi connectivity index (χ0) is 15.6. The number of hydrogen-bond donors (Lipinski definition) is 2. The first-order chi connectivity index (χ1) is 9.88. The van der Waals surface area contributed by atoms with Gasteiger partial charge in [-0.3, -0.25) is 4.79 Å². The molecule has 2 unspecified atom stereocenters. The quantitative estimate of drug-likeness (QED) is 0.830. The molecule has 0 bridgehead atoms. The monoisotopic (exact) mass is 291 g/mol. The van der Waals surface area contributed by atoms with Gasteiger partial charge in [-0.1, -0.05) is 38.8 Å². The summed E-state index contributed by atoms with van der Waals surface area (Å²) in [6, 6.07) is 5.40. The molecule has 0 amide bonds. The van der Waals surface area contributed by atoms with E-state index < -0.39 is 11.9 Å². The van der Waals surface area contributed by atoms with Gasteiger partial charge in [0, 0.05) is 0 Å². The zero-order valence-electron chi connectivity index (χ0n) is 13.1. The topological polar surface area (TPSA) is 72.5 Å². The molecular weight excluding hydrogens is 266 g/mol. The second kappa shape index (κ2) is 5.96. The number of para-hydroxylation sites is 1. The Morgan fingerprint density at radius 2 is 2.14 bits per heavy atom. The highest BCUT2D eigenvalue weighted by Crippen LogP contribution is 2.49. The van der Waals surface area contributed by atoms with Crippen LogP contribution in [-0.2, 0) is 4.79 Å². The summed E-state index contributed by atoms with van der Waals surface area (Å²) in [4.78, 5) is 11.9. The molecule has 0 aliphatic heterocycles. The molecule has 1 aromatic carbocycles. The highest BCUT2D eigenvalue weighted by atomic mass is 16.5. The van der Waals surface area contributed by atoms with Gasteiger partial charge >= 0.3 is 5.97 Å². The van der Waals surface area contributed by atoms with Gasteiger partial charge in [-0.2, -0.15) is 0 Å². The summed E-state index contributed by atoms with van der Waals surface area (Å²) in [5, 5.41) is 9.80. The highest BCUT2D eigenvalue weighted by molar-refractivity contribution is 5.80. The molecule has 21 heavy (non-hydrogen) atoms. The first-order valence-corrected chi connectivity index (χ1v) is 7.53. The summed E-state index contributed by atoms with van der Waals surface area (Å²) in [5.74, 6) is -0.726. The molecule has 4 heteroatoms. The zero-order valence-corrected chi connectivity index (χ0v) is 13.1. The molecule has 0 radical (unpaired) electrons. The van der Waals surface area contributed by atoms with Gasteiger partial charge in [0.15, 0.2) is 0 Å². The van der Waals surface area contributed by atoms with E-state index >= 15 is 0 Å². The summed E-state index contributed by atoms with van der Waals surface area (Å²) < 4.78 is 5.24. The number of hydrogen-bond acceptors (Lipinski definition) is 3. The van der Waals surface area contributed by atoms with Gasteiger partial charge in [0.25, 0.3) is 0 Å². The molecule has 1 aromatic rings. The first kappa shape index (κ1) is 15.7. The molecule has 0 aromatic heterocycles. The van der Waals surface area contributed by atoms with Crippen molar-refractivity contribution in [3.8, 4) is 5.75 Å². The summed E-state index contributed by atoms with van der Waals surface area (Å²) in [7, 11) is 1.55. The van der Waals surface area contributed by atoms with Crippen LogP contribution < -0.4 is 10.5 Å². The van der Waals surface area contributed by atoms with Crippen LogP contribution in [0.1, 0.15) is 51.0 Å². The van der Waals surface area contributed by atoms with E-state index in [9.17, 15) is 9.90 Å². The lowest BCUT2D eigenvalue weighted by Crippen LogP contribution is -2.36. The molecule has 1 fully saturated rings. The number of anilines is 1. The van der Waals surface area contributed by atoms with Crippen LogP contribution in [0.15, 0.2) is 18.2 Å². The molecule has 2 rings (SSSR count). The van der Waals surface area contributed by atoms with Crippen molar-refractivity contribution in [2.24, 2.45) is 11.3 Å². The number of nitrogen functional groups attached to an aromatic ring is 1. The van der Waals surface area contributed by atoms with Gasteiger partial charge in [0.2, 0.25) is 0 Å². The molecule has 1 aliphatic carbocycles. The number of methoxy groups -OCH3 is 1. The van der Waals surface area contributed by atoms with E-state index in [4.69, 9.17) is 10.5 Å². The van der Waals surface area contributed by atoms with Gasteiger partial charge in [-0.15, -0.1) is 0 Å². The summed E-state index contributed by atoms with van der Waals surface area (Å²) in [6.45, 7) is 4.34. The van der Waals surface area contributed by atoms with Crippen molar-refractivity contribution in [2.75, 3.05) is 12.8 Å². The van der Waals surface area contributed by atoms with Crippen LogP contribution in [0.4, 0.5) is 5.69 Å². The lowest BCUT2D eigenvalue weighted by Gasteiger charge is -2.42. The maximum Gasteiger partial charge on any atom is 0.311 e. The molecule has 3 N–H and O–H groups in total. The Bertz CT molecular complexity index is 525. The van der Waals surface area contributed by atoms with Crippen LogP contribution in [0, 0.1) is 11.3 Å². The van der Waals surface area contributed by atoms with Crippen molar-refractivity contribution in [1.29, 1.82) is 0 Å². The largest absolute Gasteiger partial charge is 0.495 e. The molecule has 1 aliphatic rings. The van der Waals surface area contributed by atoms with E-state index in [2.05, 4.69) is 13.8 Å². The van der Waals surface area contributed by atoms with Gasteiger partial charge in [0.05, 0.1) is 18.7 Å². The minimum Gasteiger partial charge on any atom is -0.495 e. The minimum atomic E-state index is -0.796. The van der Waals surface area contributed by atoms with Crippen LogP contribution in [0.2, 0.25) is 0 Å². The number of aliphatic carboxylic acids is 1. The SMILES string of the molecule is COc1cccc(C(C(=O)O)C2CCCCC2(C)C)c1N. The number of carboxylic acids is 1. The van der Waals surface area contributed by atoms with Crippen molar-refractivity contribution >= 4 is 11.7 Å². The summed E-state index contributed by atoms with van der Waals surface area (Å²) in [5.41, 5.74) is 7.28. The number of benzene rings is 1. The predicted octanol–water partition coefficient (Wildman–Crippen LogP) is 3.66. The van der Waals surface area contributed by atoms with Crippen molar-refractivity contribution < 1.29 is 14.6 Å². The third-order valence-corrected chi connectivity index (χ3v) is 4.91. The van der Waals surface area contributed by atoms with E-state index in [1.165, 1.54) is 6.42 Å². The van der Waals surface area contributed by atoms with Crippen LogP contribution in [0.5, 0.6) is 5.75 Å². The Balaban J connectivity index is 2.47. The van der Waals surface area contributed by atoms with E-state index in [-0.39, 0.29) is 11.3 Å². The van der Waals surface area contributed by atoms with Gasteiger partial charge in [-0.25, -0.2) is 0 Å². The molecule has 4 nitrogen and oxygen atoms in total. The maximum atomic E-state index is 11.9. The number of ether oxygens (including phenoxy) is 1. The Morgan fingerprint density at radius 3 is 2.71 bits per heavy atom. The number of rotatable bonds is 4. The second-order valence-corrected chi connectivity index (χ2v) is 6.62. The fourth-order valence-electron chi connectivity index (χ4n) is 3.67. The number of carboxylic acid groups (broad SMARTS) is 1. The van der Waals surface area contributed by atoms with Crippen LogP contribution in [0.25, 0.3) is 0 Å². The lowest BCUT2D eigenvalue weighted by atomic mass is 9.62. The van der Waals surface area contributed by atoms with Crippen molar-refractivity contribution in [3.05, 3.63) is 23.8 Å². The Morgan fingerprint density at radius 1 is 1.43 bits per heavy atom. The molecule has 2 atom stereocenters. The fourth-order valence-corrected chi connectivity index (χ4v) is 3.67. The van der Waals surface area contributed by atoms with Crippen LogP contribution in [-0.4, -0.2) is 18.2 Å². The van der Waals surface area contributed by atoms with Gasteiger partial charge in [0.1, 0.15) is 5.75 Å². The second-order valence-electron chi connectivity index (χ2n) is 6.62. The van der Waals surface area contributed by atoms with Crippen LogP contribution >= 0.6 is 0 Å². The number of nitrogens with two attached hydrogens (primary N) is 1. The molecule has 1 saturated carbocycles. The average Bonchev–Trinajstić information content (AvgIpc) is 2.42.